The molecule has 138 valence electrons. The van der Waals surface area contributed by atoms with E-state index in [0.717, 1.165) is 33.6 Å². The van der Waals surface area contributed by atoms with Gasteiger partial charge in [-0.05, 0) is 54.4 Å². The number of benzene rings is 2. The Morgan fingerprint density at radius 1 is 0.643 bits per heavy atom. The molecule has 4 aromatic rings. The van der Waals surface area contributed by atoms with Crippen LogP contribution in [-0.4, -0.2) is 21.2 Å². The summed E-state index contributed by atoms with van der Waals surface area (Å²) in [6, 6.07) is 28.3. The van der Waals surface area contributed by atoms with Gasteiger partial charge in [0.15, 0.2) is 0 Å². The van der Waals surface area contributed by atoms with Crippen LogP contribution in [-0.2, 0) is 0 Å². The molecule has 0 bridgehead atoms. The van der Waals surface area contributed by atoms with Gasteiger partial charge in [0.1, 0.15) is 0 Å². The summed E-state index contributed by atoms with van der Waals surface area (Å²) in [5.74, 6) is -0.132. The average molecular weight is 366 g/mol. The summed E-state index contributed by atoms with van der Waals surface area (Å²) < 4.78 is 0. The Morgan fingerprint density at radius 3 is 1.54 bits per heavy atom. The Bertz CT molecular complexity index is 963. The zero-order chi connectivity index (χ0) is 19.3. The van der Waals surface area contributed by atoms with Crippen LogP contribution in [0.4, 0.5) is 0 Å². The zero-order valence-corrected chi connectivity index (χ0v) is 15.7. The molecule has 1 unspecified atom stereocenters. The molecular formula is C25H22N2O. The quantitative estimate of drug-likeness (QED) is 0.520. The largest absolute Gasteiger partial charge is 0.392 e. The van der Waals surface area contributed by atoms with Crippen LogP contribution < -0.4 is 0 Å². The highest BCUT2D eigenvalue weighted by molar-refractivity contribution is 5.62. The average Bonchev–Trinajstić information content (AvgIpc) is 2.75. The molecule has 3 nitrogen and oxygen atoms in total. The predicted molar refractivity (Wildman–Crippen MR) is 113 cm³/mol. The van der Waals surface area contributed by atoms with E-state index in [1.54, 1.807) is 12.4 Å². The van der Waals surface area contributed by atoms with E-state index in [1.165, 1.54) is 0 Å². The SMILES string of the molecule is CC(O)C(c1cccc(-c2ccccn2)c1)c1cccc(-c2ccccn2)c1. The van der Waals surface area contributed by atoms with Crippen LogP contribution in [0.15, 0.2) is 97.3 Å². The lowest BCUT2D eigenvalue weighted by Crippen LogP contribution is -2.16. The van der Waals surface area contributed by atoms with E-state index >= 15 is 0 Å². The third kappa shape index (κ3) is 3.85. The van der Waals surface area contributed by atoms with E-state index in [4.69, 9.17) is 0 Å². The molecule has 28 heavy (non-hydrogen) atoms. The Balaban J connectivity index is 1.75. The maximum absolute atomic E-state index is 10.6. The van der Waals surface area contributed by atoms with Crippen molar-refractivity contribution in [2.45, 2.75) is 18.9 Å². The van der Waals surface area contributed by atoms with Crippen molar-refractivity contribution in [2.24, 2.45) is 0 Å². The van der Waals surface area contributed by atoms with Crippen LogP contribution >= 0.6 is 0 Å². The molecule has 2 aromatic carbocycles. The molecular weight excluding hydrogens is 344 g/mol. The molecule has 0 spiro atoms. The Morgan fingerprint density at radius 2 is 1.14 bits per heavy atom. The van der Waals surface area contributed by atoms with Gasteiger partial charge in [0.2, 0.25) is 0 Å². The molecule has 0 amide bonds. The maximum atomic E-state index is 10.6. The predicted octanol–water partition coefficient (Wildman–Crippen LogP) is 5.32. The summed E-state index contributed by atoms with van der Waals surface area (Å²) in [7, 11) is 0. The Hall–Kier alpha value is -3.30. The number of rotatable bonds is 5. The summed E-state index contributed by atoms with van der Waals surface area (Å²) in [5, 5.41) is 10.6. The lowest BCUT2D eigenvalue weighted by molar-refractivity contribution is 0.176. The molecule has 0 aliphatic carbocycles. The number of nitrogens with zero attached hydrogens (tertiary/aromatic N) is 2. The first-order valence-corrected chi connectivity index (χ1v) is 9.43. The maximum Gasteiger partial charge on any atom is 0.0702 e. The number of hydrogen-bond donors (Lipinski definition) is 1. The molecule has 1 atom stereocenters. The van der Waals surface area contributed by atoms with E-state index in [2.05, 4.69) is 46.4 Å². The topological polar surface area (TPSA) is 46.0 Å². The first-order valence-electron chi connectivity index (χ1n) is 9.43. The van der Waals surface area contributed by atoms with Gasteiger partial charge < -0.3 is 5.11 Å². The minimum atomic E-state index is -0.530. The molecule has 0 saturated carbocycles. The molecule has 0 radical (unpaired) electrons. The monoisotopic (exact) mass is 366 g/mol. The second-order valence-corrected chi connectivity index (χ2v) is 6.90. The molecule has 0 saturated heterocycles. The molecule has 2 heterocycles. The highest BCUT2D eigenvalue weighted by Gasteiger charge is 2.21. The number of aromatic nitrogens is 2. The van der Waals surface area contributed by atoms with Crippen molar-refractivity contribution in [1.29, 1.82) is 0 Å². The van der Waals surface area contributed by atoms with Crippen molar-refractivity contribution >= 4 is 0 Å². The molecule has 1 N–H and O–H groups in total. The summed E-state index contributed by atoms with van der Waals surface area (Å²) in [6.45, 7) is 1.84. The molecule has 0 fully saturated rings. The van der Waals surface area contributed by atoms with Crippen LogP contribution in [0.25, 0.3) is 22.5 Å². The van der Waals surface area contributed by atoms with Gasteiger partial charge in [0.25, 0.3) is 0 Å². The van der Waals surface area contributed by atoms with Crippen molar-refractivity contribution < 1.29 is 5.11 Å². The highest BCUT2D eigenvalue weighted by atomic mass is 16.3. The molecule has 3 heteroatoms. The van der Waals surface area contributed by atoms with Crippen LogP contribution in [0.5, 0.6) is 0 Å². The summed E-state index contributed by atoms with van der Waals surface area (Å²) in [5.41, 5.74) is 6.08. The van der Waals surface area contributed by atoms with Crippen LogP contribution in [0, 0.1) is 0 Å². The molecule has 0 aliphatic rings. The number of aliphatic hydroxyl groups excluding tert-OH is 1. The van der Waals surface area contributed by atoms with Crippen molar-refractivity contribution in [3.05, 3.63) is 108 Å². The van der Waals surface area contributed by atoms with Crippen LogP contribution in [0.2, 0.25) is 0 Å². The molecule has 4 rings (SSSR count). The second-order valence-electron chi connectivity index (χ2n) is 6.90. The Kier molecular flexibility index (Phi) is 5.27. The standard InChI is InChI=1S/C25H22N2O/c1-18(28)25(21-10-6-8-19(16-21)23-12-2-4-14-26-23)22-11-7-9-20(17-22)24-13-3-5-15-27-24/h2-18,25,28H,1H3. The van der Waals surface area contributed by atoms with Crippen molar-refractivity contribution in [2.75, 3.05) is 0 Å². The van der Waals surface area contributed by atoms with E-state index in [0.29, 0.717) is 0 Å². The van der Waals surface area contributed by atoms with Gasteiger partial charge in [-0.3, -0.25) is 9.97 Å². The highest BCUT2D eigenvalue weighted by Crippen LogP contribution is 2.32. The van der Waals surface area contributed by atoms with Gasteiger partial charge in [-0.1, -0.05) is 48.5 Å². The normalized spacial score (nSPS) is 12.1. The van der Waals surface area contributed by atoms with E-state index < -0.39 is 6.10 Å². The smallest absolute Gasteiger partial charge is 0.0702 e. The zero-order valence-electron chi connectivity index (χ0n) is 15.7. The van der Waals surface area contributed by atoms with Gasteiger partial charge in [-0.15, -0.1) is 0 Å². The second kappa shape index (κ2) is 8.15. The van der Waals surface area contributed by atoms with E-state index in [9.17, 15) is 5.11 Å². The van der Waals surface area contributed by atoms with Crippen molar-refractivity contribution in [1.82, 2.24) is 9.97 Å². The number of aliphatic hydroxyl groups is 1. The van der Waals surface area contributed by atoms with Gasteiger partial charge in [-0.25, -0.2) is 0 Å². The third-order valence-electron chi connectivity index (χ3n) is 4.90. The third-order valence-corrected chi connectivity index (χ3v) is 4.90. The molecule has 0 aliphatic heterocycles. The summed E-state index contributed by atoms with van der Waals surface area (Å²) in [6.07, 6.45) is 3.06. The Labute approximate surface area is 165 Å². The van der Waals surface area contributed by atoms with Crippen molar-refractivity contribution in [3.63, 3.8) is 0 Å². The molecule has 2 aromatic heterocycles. The van der Waals surface area contributed by atoms with Gasteiger partial charge >= 0.3 is 0 Å². The van der Waals surface area contributed by atoms with Crippen LogP contribution in [0.3, 0.4) is 0 Å². The van der Waals surface area contributed by atoms with Crippen molar-refractivity contribution in [3.8, 4) is 22.5 Å². The fraction of sp³-hybridized carbons (Fsp3) is 0.120. The minimum absolute atomic E-state index is 0.132. The van der Waals surface area contributed by atoms with E-state index in [-0.39, 0.29) is 5.92 Å². The first-order chi connectivity index (χ1) is 13.7. The number of hydrogen-bond acceptors (Lipinski definition) is 3. The minimum Gasteiger partial charge on any atom is -0.392 e. The van der Waals surface area contributed by atoms with Gasteiger partial charge in [0, 0.05) is 29.4 Å². The fourth-order valence-electron chi connectivity index (χ4n) is 3.60. The summed E-state index contributed by atoms with van der Waals surface area (Å²) in [4.78, 5) is 8.90. The lowest BCUT2D eigenvalue weighted by atomic mass is 9.85. The number of pyridine rings is 2. The fourth-order valence-corrected chi connectivity index (χ4v) is 3.60. The first kappa shape index (κ1) is 18.1. The van der Waals surface area contributed by atoms with Crippen LogP contribution in [0.1, 0.15) is 24.0 Å². The van der Waals surface area contributed by atoms with Gasteiger partial charge in [0.05, 0.1) is 17.5 Å². The summed E-state index contributed by atoms with van der Waals surface area (Å²) >= 11 is 0. The lowest BCUT2D eigenvalue weighted by Gasteiger charge is -2.22. The van der Waals surface area contributed by atoms with E-state index in [1.807, 2.05) is 55.5 Å². The van der Waals surface area contributed by atoms with Gasteiger partial charge in [-0.2, -0.15) is 0 Å².